The molecule has 1 unspecified atom stereocenters. The summed E-state index contributed by atoms with van der Waals surface area (Å²) in [5.41, 5.74) is 2.36. The molecular formula is C18H16ClN3O2S. The van der Waals surface area contributed by atoms with Crippen molar-refractivity contribution in [2.45, 2.75) is 13.0 Å². The maximum atomic E-state index is 12.6. The molecule has 0 fully saturated rings. The Bertz CT molecular complexity index is 863. The van der Waals surface area contributed by atoms with Crippen LogP contribution in [-0.4, -0.2) is 22.6 Å². The van der Waals surface area contributed by atoms with E-state index in [0.717, 1.165) is 28.4 Å². The summed E-state index contributed by atoms with van der Waals surface area (Å²) < 4.78 is 9.09. The number of amides is 1. The molecule has 0 spiro atoms. The second-order valence-electron chi connectivity index (χ2n) is 5.43. The number of carbonyl (C=O) groups excluding carboxylic acids is 1. The molecule has 25 heavy (non-hydrogen) atoms. The van der Waals surface area contributed by atoms with Crippen LogP contribution >= 0.6 is 23.1 Å². The first-order chi connectivity index (χ1) is 12.1. The molecule has 1 aromatic heterocycles. The SMILES string of the molecule is COc1ccc(-c2nnsc2C(=O)NC(C)c2ccc(Cl)cc2)cc1. The standard InChI is InChI=1S/C18H16ClN3O2S/c1-11(12-3-7-14(19)8-4-12)20-18(23)17-16(21-22-25-17)13-5-9-15(24-2)10-6-13/h3-11H,1-2H3,(H,20,23). The molecule has 1 N–H and O–H groups in total. The van der Waals surface area contributed by atoms with E-state index in [1.807, 2.05) is 43.3 Å². The van der Waals surface area contributed by atoms with Gasteiger partial charge in [-0.25, -0.2) is 0 Å². The highest BCUT2D eigenvalue weighted by molar-refractivity contribution is 7.08. The monoisotopic (exact) mass is 373 g/mol. The van der Waals surface area contributed by atoms with Crippen LogP contribution in [0.3, 0.4) is 0 Å². The van der Waals surface area contributed by atoms with Gasteiger partial charge in [-0.05, 0) is 60.4 Å². The van der Waals surface area contributed by atoms with E-state index in [1.54, 1.807) is 19.2 Å². The fourth-order valence-electron chi connectivity index (χ4n) is 2.37. The predicted octanol–water partition coefficient (Wildman–Crippen LogP) is 4.36. The molecule has 5 nitrogen and oxygen atoms in total. The largest absolute Gasteiger partial charge is 0.497 e. The van der Waals surface area contributed by atoms with E-state index in [0.29, 0.717) is 15.6 Å². The zero-order chi connectivity index (χ0) is 17.8. The predicted molar refractivity (Wildman–Crippen MR) is 99.2 cm³/mol. The number of hydrogen-bond donors (Lipinski definition) is 1. The van der Waals surface area contributed by atoms with Crippen LogP contribution in [0, 0.1) is 0 Å². The lowest BCUT2D eigenvalue weighted by molar-refractivity contribution is 0.0944. The fraction of sp³-hybridized carbons (Fsp3) is 0.167. The average molecular weight is 374 g/mol. The first kappa shape index (κ1) is 17.4. The van der Waals surface area contributed by atoms with Gasteiger partial charge < -0.3 is 10.1 Å². The van der Waals surface area contributed by atoms with Gasteiger partial charge in [-0.3, -0.25) is 4.79 Å². The number of benzene rings is 2. The van der Waals surface area contributed by atoms with E-state index in [9.17, 15) is 4.79 Å². The number of nitrogens with zero attached hydrogens (tertiary/aromatic N) is 2. The molecule has 0 aliphatic heterocycles. The van der Waals surface area contributed by atoms with Crippen molar-refractivity contribution < 1.29 is 9.53 Å². The third kappa shape index (κ3) is 3.97. The van der Waals surface area contributed by atoms with Crippen molar-refractivity contribution in [3.8, 4) is 17.0 Å². The highest BCUT2D eigenvalue weighted by Gasteiger charge is 2.20. The number of methoxy groups -OCH3 is 1. The summed E-state index contributed by atoms with van der Waals surface area (Å²) >= 11 is 6.98. The third-order valence-corrected chi connectivity index (χ3v) is 4.75. The van der Waals surface area contributed by atoms with Crippen molar-refractivity contribution in [1.29, 1.82) is 0 Å². The van der Waals surface area contributed by atoms with E-state index in [2.05, 4.69) is 14.9 Å². The minimum Gasteiger partial charge on any atom is -0.497 e. The molecular weight excluding hydrogens is 358 g/mol. The zero-order valence-corrected chi connectivity index (χ0v) is 15.3. The molecule has 0 bridgehead atoms. The molecule has 0 saturated carbocycles. The molecule has 0 radical (unpaired) electrons. The van der Waals surface area contributed by atoms with Crippen LogP contribution in [0.25, 0.3) is 11.3 Å². The van der Waals surface area contributed by atoms with Crippen LogP contribution in [-0.2, 0) is 0 Å². The second-order valence-corrected chi connectivity index (χ2v) is 6.62. The van der Waals surface area contributed by atoms with Crippen molar-refractivity contribution in [3.63, 3.8) is 0 Å². The first-order valence-corrected chi connectivity index (χ1v) is 8.76. The van der Waals surface area contributed by atoms with E-state index >= 15 is 0 Å². The fourth-order valence-corrected chi connectivity index (χ4v) is 3.09. The second kappa shape index (κ2) is 7.63. The summed E-state index contributed by atoms with van der Waals surface area (Å²) in [6, 6.07) is 14.6. The maximum absolute atomic E-state index is 12.6. The van der Waals surface area contributed by atoms with E-state index in [4.69, 9.17) is 16.3 Å². The van der Waals surface area contributed by atoms with Crippen molar-refractivity contribution >= 4 is 29.0 Å². The van der Waals surface area contributed by atoms with Crippen molar-refractivity contribution in [1.82, 2.24) is 14.9 Å². The minimum absolute atomic E-state index is 0.157. The number of rotatable bonds is 5. The lowest BCUT2D eigenvalue weighted by atomic mass is 10.1. The lowest BCUT2D eigenvalue weighted by Crippen LogP contribution is -2.26. The molecule has 128 valence electrons. The smallest absolute Gasteiger partial charge is 0.265 e. The third-order valence-electron chi connectivity index (χ3n) is 3.78. The number of aromatic nitrogens is 2. The van der Waals surface area contributed by atoms with Crippen LogP contribution in [0.2, 0.25) is 5.02 Å². The first-order valence-electron chi connectivity index (χ1n) is 7.61. The van der Waals surface area contributed by atoms with Crippen LogP contribution in [0.5, 0.6) is 5.75 Å². The lowest BCUT2D eigenvalue weighted by Gasteiger charge is -2.14. The topological polar surface area (TPSA) is 64.1 Å². The summed E-state index contributed by atoms with van der Waals surface area (Å²) in [5.74, 6) is 0.539. The van der Waals surface area contributed by atoms with Crippen molar-refractivity contribution in [2.75, 3.05) is 7.11 Å². The van der Waals surface area contributed by atoms with E-state index < -0.39 is 0 Å². The maximum Gasteiger partial charge on any atom is 0.265 e. The van der Waals surface area contributed by atoms with Gasteiger partial charge in [0.1, 0.15) is 16.3 Å². The number of carbonyl (C=O) groups is 1. The Morgan fingerprint density at radius 2 is 1.84 bits per heavy atom. The van der Waals surface area contributed by atoms with Crippen LogP contribution in [0.15, 0.2) is 48.5 Å². The summed E-state index contributed by atoms with van der Waals surface area (Å²) in [5, 5.41) is 7.74. The highest BCUT2D eigenvalue weighted by atomic mass is 35.5. The van der Waals surface area contributed by atoms with Crippen molar-refractivity contribution in [2.24, 2.45) is 0 Å². The van der Waals surface area contributed by atoms with Crippen LogP contribution in [0.4, 0.5) is 0 Å². The van der Waals surface area contributed by atoms with Crippen LogP contribution < -0.4 is 10.1 Å². The number of hydrogen-bond acceptors (Lipinski definition) is 5. The van der Waals surface area contributed by atoms with Crippen LogP contribution in [0.1, 0.15) is 28.2 Å². The highest BCUT2D eigenvalue weighted by Crippen LogP contribution is 2.26. The molecule has 1 atom stereocenters. The molecule has 0 aliphatic rings. The molecule has 1 heterocycles. The van der Waals surface area contributed by atoms with Gasteiger partial charge in [-0.2, -0.15) is 0 Å². The van der Waals surface area contributed by atoms with Gasteiger partial charge in [-0.15, -0.1) is 5.10 Å². The van der Waals surface area contributed by atoms with Gasteiger partial charge in [0.05, 0.1) is 13.2 Å². The Hall–Kier alpha value is -2.44. The van der Waals surface area contributed by atoms with E-state index in [-0.39, 0.29) is 11.9 Å². The molecule has 3 aromatic rings. The van der Waals surface area contributed by atoms with Gasteiger partial charge in [0.25, 0.3) is 5.91 Å². The number of ether oxygens (including phenoxy) is 1. The van der Waals surface area contributed by atoms with Gasteiger partial charge in [-0.1, -0.05) is 28.2 Å². The van der Waals surface area contributed by atoms with E-state index in [1.165, 1.54) is 0 Å². The van der Waals surface area contributed by atoms with Gasteiger partial charge in [0.2, 0.25) is 0 Å². The molecule has 3 rings (SSSR count). The van der Waals surface area contributed by atoms with Gasteiger partial charge >= 0.3 is 0 Å². The average Bonchev–Trinajstić information content (AvgIpc) is 3.12. The Balaban J connectivity index is 1.78. The quantitative estimate of drug-likeness (QED) is 0.721. The Morgan fingerprint density at radius 1 is 1.16 bits per heavy atom. The van der Waals surface area contributed by atoms with Gasteiger partial charge in [0.15, 0.2) is 0 Å². The summed E-state index contributed by atoms with van der Waals surface area (Å²) in [6.45, 7) is 1.92. The summed E-state index contributed by atoms with van der Waals surface area (Å²) in [6.07, 6.45) is 0. The Kier molecular flexibility index (Phi) is 5.31. The van der Waals surface area contributed by atoms with Crippen molar-refractivity contribution in [3.05, 3.63) is 64.0 Å². The zero-order valence-electron chi connectivity index (χ0n) is 13.7. The molecule has 7 heteroatoms. The normalized spacial score (nSPS) is 11.8. The molecule has 2 aromatic carbocycles. The minimum atomic E-state index is -0.205. The summed E-state index contributed by atoms with van der Waals surface area (Å²) in [7, 11) is 1.61. The van der Waals surface area contributed by atoms with Gasteiger partial charge in [0, 0.05) is 10.6 Å². The summed E-state index contributed by atoms with van der Waals surface area (Å²) in [4.78, 5) is 13.1. The molecule has 0 saturated heterocycles. The number of halogens is 1. The Labute approximate surface area is 154 Å². The number of nitrogens with one attached hydrogen (secondary N) is 1. The molecule has 0 aliphatic carbocycles. The molecule has 1 amide bonds. The Morgan fingerprint density at radius 3 is 2.48 bits per heavy atom.